The van der Waals surface area contributed by atoms with E-state index in [9.17, 15) is 33.6 Å². The molecular weight excluding hydrogens is 636 g/mol. The normalized spacial score (nSPS) is 13.8. The first kappa shape index (κ1) is 45.1. The zero-order valence-electron chi connectivity index (χ0n) is 32.4. The lowest BCUT2D eigenvalue weighted by molar-refractivity contribution is -0.150. The van der Waals surface area contributed by atoms with Gasteiger partial charge in [-0.25, -0.2) is 9.59 Å². The summed E-state index contributed by atoms with van der Waals surface area (Å²) >= 11 is 0. The molecule has 49 heavy (non-hydrogen) atoms. The molecule has 282 valence electrons. The molecule has 0 aromatic heterocycles. The lowest BCUT2D eigenvalue weighted by Gasteiger charge is -2.34. The summed E-state index contributed by atoms with van der Waals surface area (Å²) in [5.74, 6) is -4.03. The van der Waals surface area contributed by atoms with Gasteiger partial charge in [-0.2, -0.15) is 0 Å². The summed E-state index contributed by atoms with van der Waals surface area (Å²) in [6.07, 6.45) is -0.385. The molecule has 6 amide bonds. The summed E-state index contributed by atoms with van der Waals surface area (Å²) in [4.78, 5) is 91.3. The van der Waals surface area contributed by atoms with Crippen LogP contribution in [0.15, 0.2) is 0 Å². The lowest BCUT2D eigenvalue weighted by Crippen LogP contribution is -2.65. The second kappa shape index (κ2) is 17.1. The molecule has 0 spiro atoms. The van der Waals surface area contributed by atoms with E-state index in [0.29, 0.717) is 0 Å². The fraction of sp³-hybridized carbons (Fsp3) is 0.794. The molecule has 0 saturated carbocycles. The van der Waals surface area contributed by atoms with Crippen molar-refractivity contribution in [3.63, 3.8) is 0 Å². The molecule has 0 fully saturated rings. The van der Waals surface area contributed by atoms with Gasteiger partial charge in [-0.05, 0) is 101 Å². The number of carbonyl (C=O) groups excluding carboxylic acids is 7. The van der Waals surface area contributed by atoms with Gasteiger partial charge in [0.05, 0.1) is 7.11 Å². The number of amides is 6. The smallest absolute Gasteiger partial charge is 0.408 e. The van der Waals surface area contributed by atoms with Crippen LogP contribution in [0.4, 0.5) is 4.79 Å². The van der Waals surface area contributed by atoms with Crippen LogP contribution in [0.25, 0.3) is 0 Å². The van der Waals surface area contributed by atoms with Crippen LogP contribution in [0, 0.1) is 11.8 Å². The molecule has 0 aromatic carbocycles. The van der Waals surface area contributed by atoms with Crippen molar-refractivity contribution in [2.45, 2.75) is 157 Å². The van der Waals surface area contributed by atoms with Crippen molar-refractivity contribution >= 4 is 41.6 Å². The second-order valence-electron chi connectivity index (χ2n) is 16.4. The topological polar surface area (TPSA) is 210 Å². The molecular formula is C34H62N6O9. The molecule has 0 aliphatic rings. The van der Waals surface area contributed by atoms with Crippen LogP contribution >= 0.6 is 0 Å². The summed E-state index contributed by atoms with van der Waals surface area (Å²) < 4.78 is 9.98. The van der Waals surface area contributed by atoms with Crippen molar-refractivity contribution in [1.29, 1.82) is 0 Å². The fourth-order valence-electron chi connectivity index (χ4n) is 4.33. The van der Waals surface area contributed by atoms with Gasteiger partial charge in [-0.1, -0.05) is 27.7 Å². The predicted octanol–water partition coefficient (Wildman–Crippen LogP) is 2.21. The van der Waals surface area contributed by atoms with Gasteiger partial charge >= 0.3 is 12.1 Å². The number of alkyl carbamates (subject to hydrolysis) is 1. The van der Waals surface area contributed by atoms with Gasteiger partial charge < -0.3 is 41.4 Å². The Hall–Kier alpha value is -3.91. The highest BCUT2D eigenvalue weighted by molar-refractivity contribution is 5.99. The Kier molecular flexibility index (Phi) is 15.8. The predicted molar refractivity (Wildman–Crippen MR) is 185 cm³/mol. The quantitative estimate of drug-likeness (QED) is 0.130. The van der Waals surface area contributed by atoms with E-state index in [1.807, 2.05) is 27.7 Å². The summed E-state index contributed by atoms with van der Waals surface area (Å²) in [5.41, 5.74) is -6.61. The minimum Gasteiger partial charge on any atom is -0.467 e. The van der Waals surface area contributed by atoms with Crippen molar-refractivity contribution in [3.8, 4) is 0 Å². The van der Waals surface area contributed by atoms with Crippen molar-refractivity contribution < 1.29 is 43.0 Å². The molecule has 0 aliphatic carbocycles. The van der Waals surface area contributed by atoms with Crippen LogP contribution in [-0.2, 0) is 38.2 Å². The van der Waals surface area contributed by atoms with Crippen LogP contribution in [0.5, 0.6) is 0 Å². The Morgan fingerprint density at radius 1 is 0.510 bits per heavy atom. The number of hydrogen-bond donors (Lipinski definition) is 6. The van der Waals surface area contributed by atoms with Gasteiger partial charge in [-0.3, -0.25) is 24.0 Å². The summed E-state index contributed by atoms with van der Waals surface area (Å²) in [7, 11) is 1.20. The van der Waals surface area contributed by atoms with E-state index >= 15 is 0 Å². The van der Waals surface area contributed by atoms with Crippen LogP contribution in [0.2, 0.25) is 0 Å². The third kappa shape index (κ3) is 15.5. The van der Waals surface area contributed by atoms with E-state index in [4.69, 9.17) is 9.47 Å². The van der Waals surface area contributed by atoms with Gasteiger partial charge in [0.15, 0.2) is 0 Å². The first-order valence-corrected chi connectivity index (χ1v) is 16.5. The van der Waals surface area contributed by atoms with Crippen molar-refractivity contribution in [3.05, 3.63) is 0 Å². The molecule has 0 unspecified atom stereocenters. The molecule has 15 heteroatoms. The maximum absolute atomic E-state index is 13.7. The Balaban J connectivity index is 5.95. The van der Waals surface area contributed by atoms with Crippen molar-refractivity contribution in [2.24, 2.45) is 11.8 Å². The summed E-state index contributed by atoms with van der Waals surface area (Å²) in [5, 5.41) is 15.8. The van der Waals surface area contributed by atoms with Gasteiger partial charge in [0.2, 0.25) is 29.5 Å². The van der Waals surface area contributed by atoms with Crippen molar-refractivity contribution in [2.75, 3.05) is 7.11 Å². The van der Waals surface area contributed by atoms with E-state index in [0.717, 1.165) is 0 Å². The zero-order valence-corrected chi connectivity index (χ0v) is 32.4. The van der Waals surface area contributed by atoms with Gasteiger partial charge in [0, 0.05) is 0 Å². The average Bonchev–Trinajstić information content (AvgIpc) is 2.88. The minimum absolute atomic E-state index is 0.0452. The van der Waals surface area contributed by atoms with E-state index in [1.165, 1.54) is 62.5 Å². The first-order chi connectivity index (χ1) is 21.9. The van der Waals surface area contributed by atoms with E-state index in [-0.39, 0.29) is 24.7 Å². The summed E-state index contributed by atoms with van der Waals surface area (Å²) in [6, 6.07) is -2.16. The zero-order chi connectivity index (χ0) is 38.9. The molecule has 0 radical (unpaired) electrons. The monoisotopic (exact) mass is 698 g/mol. The molecule has 6 N–H and O–H groups in total. The number of rotatable bonds is 16. The average molecular weight is 699 g/mol. The number of hydrogen-bond acceptors (Lipinski definition) is 9. The van der Waals surface area contributed by atoms with Crippen molar-refractivity contribution in [1.82, 2.24) is 31.9 Å². The molecule has 0 aliphatic heterocycles. The largest absolute Gasteiger partial charge is 0.467 e. The lowest BCUT2D eigenvalue weighted by atomic mass is 9.96. The third-order valence-electron chi connectivity index (χ3n) is 7.17. The number of methoxy groups -OCH3 is 1. The number of ether oxygens (including phenoxy) is 2. The number of carbonyl (C=O) groups is 7. The first-order valence-electron chi connectivity index (χ1n) is 16.5. The molecule has 2 atom stereocenters. The Morgan fingerprint density at radius 2 is 0.898 bits per heavy atom. The minimum atomic E-state index is -1.52. The highest BCUT2D eigenvalue weighted by atomic mass is 16.6. The Bertz CT molecular complexity index is 1230. The highest BCUT2D eigenvalue weighted by Gasteiger charge is 2.41. The van der Waals surface area contributed by atoms with E-state index in [1.54, 1.807) is 20.8 Å². The van der Waals surface area contributed by atoms with Crippen LogP contribution in [0.1, 0.15) is 117 Å². The molecule has 0 heterocycles. The Morgan fingerprint density at radius 3 is 1.31 bits per heavy atom. The fourth-order valence-corrected chi connectivity index (χ4v) is 4.33. The van der Waals surface area contributed by atoms with Gasteiger partial charge in [-0.15, -0.1) is 0 Å². The molecule has 15 nitrogen and oxygen atoms in total. The third-order valence-corrected chi connectivity index (χ3v) is 7.17. The standard InChI is InChI=1S/C34H62N6O9/c1-19(2)17-21(36-25(43)31(8,9)38-27(45)33(12,13)40-29(47)49-30(5,6)7)23(41)35-22(18-20(3)4)24(42)37-32(10,11)26(44)39-34(14,15)28(46)48-16/h19-22H,17-18H2,1-16H3,(H,35,41)(H,36,43)(H,37,42)(H,38,45)(H,39,44)(H,40,47)/t21-,22-/m0/s1. The SMILES string of the molecule is COC(=O)C(C)(C)NC(=O)C(C)(C)NC(=O)[C@H](CC(C)C)NC(=O)[C@H](CC(C)C)NC(=O)C(C)(C)NC(=O)C(C)(C)NC(=O)OC(C)(C)C. The molecule has 0 rings (SSSR count). The Labute approximate surface area is 291 Å². The van der Waals surface area contributed by atoms with Crippen LogP contribution in [-0.4, -0.2) is 88.5 Å². The van der Waals surface area contributed by atoms with Gasteiger partial charge in [0.1, 0.15) is 39.8 Å². The second-order valence-corrected chi connectivity index (χ2v) is 16.4. The number of nitrogens with one attached hydrogen (secondary N) is 6. The van der Waals surface area contributed by atoms with E-state index in [2.05, 4.69) is 31.9 Å². The molecule has 0 saturated heterocycles. The van der Waals surface area contributed by atoms with Crippen LogP contribution < -0.4 is 31.9 Å². The molecule has 0 bridgehead atoms. The maximum Gasteiger partial charge on any atom is 0.408 e. The number of esters is 1. The summed E-state index contributed by atoms with van der Waals surface area (Å²) in [6.45, 7) is 24.2. The van der Waals surface area contributed by atoms with E-state index < -0.39 is 81.4 Å². The van der Waals surface area contributed by atoms with Gasteiger partial charge in [0.25, 0.3) is 0 Å². The van der Waals surface area contributed by atoms with Crippen LogP contribution in [0.3, 0.4) is 0 Å². The maximum atomic E-state index is 13.7. The molecule has 0 aromatic rings. The highest BCUT2D eigenvalue weighted by Crippen LogP contribution is 2.15.